The molecule has 0 aliphatic heterocycles. The molecule has 0 saturated heterocycles. The Hall–Kier alpha value is -1.64. The van der Waals surface area contributed by atoms with E-state index in [1.54, 1.807) is 0 Å². The van der Waals surface area contributed by atoms with Crippen molar-refractivity contribution in [2.45, 2.75) is 97.0 Å². The van der Waals surface area contributed by atoms with Gasteiger partial charge in [0.1, 0.15) is 12.7 Å². The minimum absolute atomic E-state index is 0.102. The van der Waals surface area contributed by atoms with E-state index in [9.17, 15) is 20.2 Å². The van der Waals surface area contributed by atoms with E-state index in [0.717, 1.165) is 38.5 Å². The number of hydrogen-bond donors (Lipinski definition) is 1. The molecule has 0 radical (unpaired) electrons. The zero-order valence-corrected chi connectivity index (χ0v) is 18.4. The molecule has 9 heteroatoms. The molecule has 4 saturated carbocycles. The van der Waals surface area contributed by atoms with E-state index in [4.69, 9.17) is 10.6 Å². The molecular weight excluding hydrogens is 390 g/mol. The van der Waals surface area contributed by atoms with Crippen LogP contribution in [0.3, 0.4) is 0 Å². The Morgan fingerprint density at radius 3 is 1.70 bits per heavy atom. The van der Waals surface area contributed by atoms with Gasteiger partial charge in [-0.05, 0) is 92.4 Å². The monoisotopic (exact) mass is 427 g/mol. The molecule has 0 aromatic rings. The molecule has 0 aromatic carbocycles. The predicted molar refractivity (Wildman–Crippen MR) is 110 cm³/mol. The molecule has 0 heterocycles. The Kier molecular flexibility index (Phi) is 6.51. The average Bonchev–Trinajstić information content (AvgIpc) is 2.57. The van der Waals surface area contributed by atoms with Gasteiger partial charge in [-0.15, -0.1) is 20.2 Å². The van der Waals surface area contributed by atoms with E-state index >= 15 is 0 Å². The molecule has 0 spiro atoms. The van der Waals surface area contributed by atoms with E-state index in [2.05, 4.69) is 18.7 Å². The number of nitrogens with zero attached hydrogens (tertiary/aromatic N) is 2. The zero-order valence-electron chi connectivity index (χ0n) is 18.4. The molecule has 9 nitrogen and oxygen atoms in total. The van der Waals surface area contributed by atoms with Crippen molar-refractivity contribution in [3.05, 3.63) is 20.2 Å². The summed E-state index contributed by atoms with van der Waals surface area (Å²) in [6, 6.07) is 0. The highest BCUT2D eigenvalue weighted by Gasteiger charge is 2.67. The van der Waals surface area contributed by atoms with E-state index in [1.165, 1.54) is 32.1 Å². The van der Waals surface area contributed by atoms with Gasteiger partial charge >= 0.3 is 0 Å². The predicted octanol–water partition coefficient (Wildman–Crippen LogP) is 4.44. The van der Waals surface area contributed by atoms with Gasteiger partial charge in [0.05, 0.1) is 0 Å². The zero-order chi connectivity index (χ0) is 22.0. The van der Waals surface area contributed by atoms with Crippen molar-refractivity contribution in [3.63, 3.8) is 0 Å². The van der Waals surface area contributed by atoms with Crippen molar-refractivity contribution in [2.75, 3.05) is 13.2 Å². The second kappa shape index (κ2) is 8.48. The minimum atomic E-state index is -0.922. The summed E-state index contributed by atoms with van der Waals surface area (Å²) in [6.07, 6.45) is 11.8. The number of nitrogens with two attached hydrogens (primary N) is 1. The van der Waals surface area contributed by atoms with E-state index in [-0.39, 0.29) is 21.7 Å². The molecular formula is C21H37N3O6. The normalized spacial score (nSPS) is 37.7. The third kappa shape index (κ3) is 4.65. The first kappa shape index (κ1) is 23.0. The maximum absolute atomic E-state index is 11.1. The molecule has 0 amide bonds. The Morgan fingerprint density at radius 2 is 1.30 bits per heavy atom. The van der Waals surface area contributed by atoms with Crippen molar-refractivity contribution >= 4 is 0 Å². The topological polar surface area (TPSA) is 131 Å². The summed E-state index contributed by atoms with van der Waals surface area (Å²) >= 11 is 0. The summed E-state index contributed by atoms with van der Waals surface area (Å²) in [6.45, 7) is 4.72. The summed E-state index contributed by atoms with van der Waals surface area (Å²) < 4.78 is 0. The third-order valence-electron chi connectivity index (χ3n) is 8.00. The number of hydrogen-bond acceptors (Lipinski definition) is 7. The molecule has 3 unspecified atom stereocenters. The maximum Gasteiger partial charge on any atom is 0.294 e. The van der Waals surface area contributed by atoms with Crippen molar-refractivity contribution in [1.29, 1.82) is 0 Å². The van der Waals surface area contributed by atoms with Gasteiger partial charge in [-0.2, -0.15) is 0 Å². The van der Waals surface area contributed by atoms with Gasteiger partial charge in [0.25, 0.3) is 10.2 Å². The van der Waals surface area contributed by atoms with Crippen molar-refractivity contribution in [1.82, 2.24) is 0 Å². The van der Waals surface area contributed by atoms with Gasteiger partial charge in [0, 0.05) is 0 Å². The molecule has 4 aliphatic carbocycles. The van der Waals surface area contributed by atoms with E-state index in [1.807, 2.05) is 0 Å². The first-order valence-corrected chi connectivity index (χ1v) is 11.4. The van der Waals surface area contributed by atoms with Crippen LogP contribution < -0.4 is 5.73 Å². The highest BCUT2D eigenvalue weighted by atomic mass is 17.0. The van der Waals surface area contributed by atoms with Crippen LogP contribution >= 0.6 is 0 Å². The molecule has 4 bridgehead atoms. The third-order valence-corrected chi connectivity index (χ3v) is 8.00. The van der Waals surface area contributed by atoms with Crippen LogP contribution in [-0.2, 0) is 9.68 Å². The fourth-order valence-corrected chi connectivity index (χ4v) is 8.78. The van der Waals surface area contributed by atoms with Crippen LogP contribution in [-0.4, -0.2) is 29.4 Å². The molecule has 2 N–H and O–H groups in total. The largest absolute Gasteiger partial charge is 0.330 e. The molecule has 3 atom stereocenters. The molecule has 172 valence electrons. The van der Waals surface area contributed by atoms with Gasteiger partial charge < -0.3 is 15.4 Å². The van der Waals surface area contributed by atoms with Gasteiger partial charge in [-0.1, -0.05) is 26.7 Å². The van der Waals surface area contributed by atoms with Crippen LogP contribution in [0, 0.1) is 41.9 Å². The van der Waals surface area contributed by atoms with Crippen LogP contribution in [0.4, 0.5) is 0 Å². The molecule has 4 rings (SSSR count). The summed E-state index contributed by atoms with van der Waals surface area (Å²) in [4.78, 5) is 31.2. The Balaban J connectivity index is 1.94. The highest BCUT2D eigenvalue weighted by molar-refractivity contribution is 5.17. The fraction of sp³-hybridized carbons (Fsp3) is 1.00. The Bertz CT molecular complexity index is 594. The van der Waals surface area contributed by atoms with Crippen molar-refractivity contribution < 1.29 is 19.8 Å². The first-order valence-electron chi connectivity index (χ1n) is 11.4. The molecule has 30 heavy (non-hydrogen) atoms. The van der Waals surface area contributed by atoms with Crippen molar-refractivity contribution in [3.8, 4) is 0 Å². The van der Waals surface area contributed by atoms with E-state index < -0.39 is 22.9 Å². The molecule has 4 fully saturated rings. The summed E-state index contributed by atoms with van der Waals surface area (Å²) in [5.74, 6) is 0. The quantitative estimate of drug-likeness (QED) is 0.339. The van der Waals surface area contributed by atoms with E-state index in [0.29, 0.717) is 13.0 Å². The van der Waals surface area contributed by atoms with Crippen LogP contribution in [0.15, 0.2) is 0 Å². The van der Waals surface area contributed by atoms with Crippen LogP contribution in [0.2, 0.25) is 0 Å². The maximum atomic E-state index is 11.1. The highest BCUT2D eigenvalue weighted by Crippen LogP contribution is 2.77. The lowest BCUT2D eigenvalue weighted by atomic mass is 9.33. The van der Waals surface area contributed by atoms with Gasteiger partial charge in [-0.25, -0.2) is 0 Å². The lowest BCUT2D eigenvalue weighted by molar-refractivity contribution is -0.790. The summed E-state index contributed by atoms with van der Waals surface area (Å²) in [5.41, 5.74) is 6.64. The smallest absolute Gasteiger partial charge is 0.294 e. The lowest BCUT2D eigenvalue weighted by Crippen LogP contribution is -2.62. The van der Waals surface area contributed by atoms with Crippen LogP contribution in [0.1, 0.15) is 90.9 Å². The second-order valence-electron chi connectivity index (χ2n) is 10.8. The molecule has 4 aliphatic rings. The summed E-state index contributed by atoms with van der Waals surface area (Å²) in [7, 11) is 0. The minimum Gasteiger partial charge on any atom is -0.330 e. The SMILES string of the molecule is CCCC12CC3(CCC)CC(CCN)(C1)CC(CC(CO[N+](=O)[O-])O[N+](=O)[O-])(C2)C3. The van der Waals surface area contributed by atoms with Crippen LogP contribution in [0.5, 0.6) is 0 Å². The first-order chi connectivity index (χ1) is 14.1. The van der Waals surface area contributed by atoms with Crippen LogP contribution in [0.25, 0.3) is 0 Å². The van der Waals surface area contributed by atoms with Gasteiger partial charge in [-0.3, -0.25) is 0 Å². The second-order valence-corrected chi connectivity index (χ2v) is 10.8. The van der Waals surface area contributed by atoms with Crippen molar-refractivity contribution in [2.24, 2.45) is 27.4 Å². The molecule has 0 aromatic heterocycles. The fourth-order valence-electron chi connectivity index (χ4n) is 8.78. The Labute approximate surface area is 178 Å². The Morgan fingerprint density at radius 1 is 0.833 bits per heavy atom. The standard InChI is InChI=1S/C21H37N3O6/c1-3-5-18-11-19(6-4-2)13-20(12-18,7-8-22)16-21(14-18,15-19)9-17(30-24(27)28)10-29-23(25)26/h17H,3-16,22H2,1-2H3. The van der Waals surface area contributed by atoms with Gasteiger partial charge in [0.2, 0.25) is 0 Å². The van der Waals surface area contributed by atoms with Gasteiger partial charge in [0.15, 0.2) is 0 Å². The average molecular weight is 428 g/mol. The number of rotatable bonds is 13. The lowest BCUT2D eigenvalue weighted by Gasteiger charge is -2.72. The summed E-state index contributed by atoms with van der Waals surface area (Å²) in [5, 5.41) is 20.0.